The van der Waals surface area contributed by atoms with Crippen molar-refractivity contribution < 1.29 is 9.18 Å². The van der Waals surface area contributed by atoms with E-state index in [2.05, 4.69) is 20.5 Å². The van der Waals surface area contributed by atoms with Gasteiger partial charge in [0.1, 0.15) is 5.82 Å². The molecule has 0 saturated carbocycles. The molecule has 1 N–H and O–H groups in total. The van der Waals surface area contributed by atoms with Crippen molar-refractivity contribution in [3.05, 3.63) is 96.6 Å². The van der Waals surface area contributed by atoms with Crippen LogP contribution in [0.2, 0.25) is 0 Å². The summed E-state index contributed by atoms with van der Waals surface area (Å²) >= 11 is 0. The number of amides is 1. The van der Waals surface area contributed by atoms with Crippen LogP contribution >= 0.6 is 0 Å². The van der Waals surface area contributed by atoms with Crippen molar-refractivity contribution in [1.82, 2.24) is 24.8 Å². The Hall–Kier alpha value is -4.46. The molecule has 0 aliphatic rings. The number of anilines is 1. The van der Waals surface area contributed by atoms with Gasteiger partial charge in [0, 0.05) is 29.2 Å². The number of hydrogen-bond donors (Lipinski definition) is 1. The van der Waals surface area contributed by atoms with Crippen LogP contribution in [0.4, 0.5) is 10.1 Å². The van der Waals surface area contributed by atoms with Gasteiger partial charge in [-0.15, -0.1) is 10.2 Å². The summed E-state index contributed by atoms with van der Waals surface area (Å²) in [5, 5.41) is 15.9. The Labute approximate surface area is 182 Å². The molecule has 0 spiro atoms. The van der Waals surface area contributed by atoms with Gasteiger partial charge >= 0.3 is 0 Å². The van der Waals surface area contributed by atoms with Crippen molar-refractivity contribution in [2.75, 3.05) is 5.32 Å². The fraction of sp³-hybridized carbons (Fsp3) is 0.0417. The van der Waals surface area contributed by atoms with E-state index in [1.807, 2.05) is 42.5 Å². The zero-order chi connectivity index (χ0) is 21.9. The van der Waals surface area contributed by atoms with Gasteiger partial charge in [0.15, 0.2) is 11.5 Å². The monoisotopic (exact) mass is 424 g/mol. The van der Waals surface area contributed by atoms with E-state index in [1.54, 1.807) is 41.2 Å². The Morgan fingerprint density at radius 3 is 2.59 bits per heavy atom. The zero-order valence-electron chi connectivity index (χ0n) is 16.8. The van der Waals surface area contributed by atoms with E-state index in [0.717, 1.165) is 11.1 Å². The molecule has 7 nitrogen and oxygen atoms in total. The lowest BCUT2D eigenvalue weighted by Gasteiger charge is -2.08. The first-order valence-corrected chi connectivity index (χ1v) is 9.94. The van der Waals surface area contributed by atoms with Crippen molar-refractivity contribution in [1.29, 1.82) is 0 Å². The molecule has 1 amide bonds. The summed E-state index contributed by atoms with van der Waals surface area (Å²) in [6, 6.07) is 21.0. The van der Waals surface area contributed by atoms with Crippen LogP contribution in [-0.2, 0) is 11.2 Å². The molecule has 0 saturated heterocycles. The lowest BCUT2D eigenvalue weighted by atomic mass is 10.1. The maximum Gasteiger partial charge on any atom is 0.228 e. The quantitative estimate of drug-likeness (QED) is 0.458. The molecule has 0 bridgehead atoms. The number of benzene rings is 2. The molecule has 0 fully saturated rings. The van der Waals surface area contributed by atoms with E-state index in [9.17, 15) is 9.18 Å². The van der Waals surface area contributed by atoms with Gasteiger partial charge in [0.25, 0.3) is 0 Å². The predicted octanol–water partition coefficient (Wildman–Crippen LogP) is 4.17. The number of nitrogens with one attached hydrogen (secondary N) is 1. The summed E-state index contributed by atoms with van der Waals surface area (Å²) in [6.45, 7) is 0. The van der Waals surface area contributed by atoms with Gasteiger partial charge in [0.05, 0.1) is 12.1 Å². The standard InChI is InChI=1S/C24H17FN6O/c25-20-7-2-1-4-17(20)15-23(32)27-19-6-3-5-18(14-19)21-8-9-22-28-29-24(31(22)30-21)16-10-12-26-13-11-16/h1-14H,15H2,(H,27,32). The Morgan fingerprint density at radius 1 is 0.906 bits per heavy atom. The molecule has 8 heteroatoms. The minimum Gasteiger partial charge on any atom is -0.326 e. The summed E-state index contributed by atoms with van der Waals surface area (Å²) in [5.41, 5.74) is 3.93. The van der Waals surface area contributed by atoms with Crippen LogP contribution in [0.5, 0.6) is 0 Å². The van der Waals surface area contributed by atoms with Crippen molar-refractivity contribution in [3.8, 4) is 22.6 Å². The molecule has 5 rings (SSSR count). The second-order valence-corrected chi connectivity index (χ2v) is 7.15. The number of carbonyl (C=O) groups excluding carboxylic acids is 1. The number of carbonyl (C=O) groups is 1. The molecule has 0 radical (unpaired) electrons. The van der Waals surface area contributed by atoms with Crippen LogP contribution in [0.15, 0.2) is 85.2 Å². The third-order valence-corrected chi connectivity index (χ3v) is 4.95. The largest absolute Gasteiger partial charge is 0.326 e. The maximum atomic E-state index is 13.8. The fourth-order valence-electron chi connectivity index (χ4n) is 3.40. The maximum absolute atomic E-state index is 13.8. The van der Waals surface area contributed by atoms with Crippen LogP contribution in [0.1, 0.15) is 5.56 Å². The van der Waals surface area contributed by atoms with Crippen molar-refractivity contribution in [3.63, 3.8) is 0 Å². The topological polar surface area (TPSA) is 85.1 Å². The number of pyridine rings is 1. The molecule has 0 unspecified atom stereocenters. The molecule has 3 aromatic heterocycles. The number of aromatic nitrogens is 5. The van der Waals surface area contributed by atoms with Crippen molar-refractivity contribution in [2.24, 2.45) is 0 Å². The first-order chi connectivity index (χ1) is 15.7. The molecular formula is C24H17FN6O. The van der Waals surface area contributed by atoms with Crippen molar-refractivity contribution in [2.45, 2.75) is 6.42 Å². The van der Waals surface area contributed by atoms with Gasteiger partial charge in [-0.05, 0) is 48.0 Å². The lowest BCUT2D eigenvalue weighted by Crippen LogP contribution is -2.15. The predicted molar refractivity (Wildman–Crippen MR) is 118 cm³/mol. The van der Waals surface area contributed by atoms with Gasteiger partial charge in [0.2, 0.25) is 5.91 Å². The smallest absolute Gasteiger partial charge is 0.228 e. The Morgan fingerprint density at radius 2 is 1.75 bits per heavy atom. The van der Waals surface area contributed by atoms with Crippen LogP contribution in [0, 0.1) is 5.82 Å². The Bertz CT molecular complexity index is 1420. The number of rotatable bonds is 5. The average Bonchev–Trinajstić information content (AvgIpc) is 3.25. The fourth-order valence-corrected chi connectivity index (χ4v) is 3.40. The Balaban J connectivity index is 1.41. The summed E-state index contributed by atoms with van der Waals surface area (Å²) in [4.78, 5) is 16.4. The molecule has 156 valence electrons. The van der Waals surface area contributed by atoms with E-state index in [1.165, 1.54) is 6.07 Å². The highest BCUT2D eigenvalue weighted by Crippen LogP contribution is 2.23. The molecule has 0 aliphatic heterocycles. The van der Waals surface area contributed by atoms with E-state index in [-0.39, 0.29) is 12.3 Å². The number of hydrogen-bond acceptors (Lipinski definition) is 5. The summed E-state index contributed by atoms with van der Waals surface area (Å²) in [6.07, 6.45) is 3.33. The van der Waals surface area contributed by atoms with Crippen LogP contribution in [-0.4, -0.2) is 30.7 Å². The first-order valence-electron chi connectivity index (χ1n) is 9.94. The van der Waals surface area contributed by atoms with Crippen LogP contribution < -0.4 is 5.32 Å². The molecule has 3 heterocycles. The van der Waals surface area contributed by atoms with Crippen molar-refractivity contribution >= 4 is 17.2 Å². The van der Waals surface area contributed by atoms with E-state index in [0.29, 0.717) is 28.4 Å². The Kier molecular flexibility index (Phi) is 5.09. The van der Waals surface area contributed by atoms with Gasteiger partial charge in [-0.25, -0.2) is 4.39 Å². The molecular weight excluding hydrogens is 407 g/mol. The third kappa shape index (κ3) is 3.93. The van der Waals surface area contributed by atoms with Gasteiger partial charge in [-0.3, -0.25) is 9.78 Å². The highest BCUT2D eigenvalue weighted by Gasteiger charge is 2.12. The highest BCUT2D eigenvalue weighted by molar-refractivity contribution is 5.92. The van der Waals surface area contributed by atoms with Gasteiger partial charge in [-0.2, -0.15) is 9.61 Å². The lowest BCUT2D eigenvalue weighted by molar-refractivity contribution is -0.115. The second kappa shape index (κ2) is 8.35. The third-order valence-electron chi connectivity index (χ3n) is 4.95. The average molecular weight is 424 g/mol. The first kappa shape index (κ1) is 19.5. The summed E-state index contributed by atoms with van der Waals surface area (Å²) in [5.74, 6) is -0.0825. The van der Waals surface area contributed by atoms with E-state index >= 15 is 0 Å². The highest BCUT2D eigenvalue weighted by atomic mass is 19.1. The normalized spacial score (nSPS) is 10.9. The van der Waals surface area contributed by atoms with Crippen LogP contribution in [0.25, 0.3) is 28.3 Å². The van der Waals surface area contributed by atoms with E-state index < -0.39 is 5.82 Å². The molecule has 32 heavy (non-hydrogen) atoms. The van der Waals surface area contributed by atoms with Crippen LogP contribution in [0.3, 0.4) is 0 Å². The number of nitrogens with zero attached hydrogens (tertiary/aromatic N) is 5. The van der Waals surface area contributed by atoms with Gasteiger partial charge < -0.3 is 5.32 Å². The SMILES string of the molecule is O=C(Cc1ccccc1F)Nc1cccc(-c2ccc3nnc(-c4ccncc4)n3n2)c1. The summed E-state index contributed by atoms with van der Waals surface area (Å²) in [7, 11) is 0. The van der Waals surface area contributed by atoms with E-state index in [4.69, 9.17) is 5.10 Å². The van der Waals surface area contributed by atoms with Gasteiger partial charge in [-0.1, -0.05) is 30.3 Å². The molecule has 0 atom stereocenters. The zero-order valence-corrected chi connectivity index (χ0v) is 16.8. The minimum absolute atomic E-state index is 0.0445. The number of fused-ring (bicyclic) bond motifs is 1. The molecule has 5 aromatic rings. The molecule has 2 aromatic carbocycles. The summed E-state index contributed by atoms with van der Waals surface area (Å²) < 4.78 is 15.5. The molecule has 0 aliphatic carbocycles. The number of halogens is 1. The second-order valence-electron chi connectivity index (χ2n) is 7.15. The minimum atomic E-state index is -0.396.